The number of methoxy groups -OCH3 is 1. The number of carbonyl (C=O) groups is 2. The zero-order chi connectivity index (χ0) is 18.2. The highest BCUT2D eigenvalue weighted by Gasteiger charge is 2.10. The van der Waals surface area contributed by atoms with E-state index < -0.39 is 18.5 Å². The van der Waals surface area contributed by atoms with Crippen LogP contribution in [0.5, 0.6) is 5.75 Å². The molecule has 0 atom stereocenters. The van der Waals surface area contributed by atoms with Crippen molar-refractivity contribution in [3.8, 4) is 5.75 Å². The average Bonchev–Trinajstić information content (AvgIpc) is 2.59. The fourth-order valence-corrected chi connectivity index (χ4v) is 2.19. The molecule has 7 heteroatoms. The Hall–Kier alpha value is -2.50. The zero-order valence-electron chi connectivity index (χ0n) is 13.3. The zero-order valence-corrected chi connectivity index (χ0v) is 14.8. The first kappa shape index (κ1) is 18.8. The van der Waals surface area contributed by atoms with E-state index in [0.717, 1.165) is 5.56 Å². The number of ether oxygens (including phenoxy) is 2. The van der Waals surface area contributed by atoms with Crippen molar-refractivity contribution in [3.05, 3.63) is 64.1 Å². The van der Waals surface area contributed by atoms with Crippen molar-refractivity contribution in [2.75, 3.05) is 19.0 Å². The third-order valence-electron chi connectivity index (χ3n) is 3.06. The number of amides is 1. The molecule has 1 N–H and O–H groups in total. The first-order valence-corrected chi connectivity index (χ1v) is 7.97. The van der Waals surface area contributed by atoms with Gasteiger partial charge in [0, 0.05) is 16.1 Å². The second-order valence-electron chi connectivity index (χ2n) is 4.89. The summed E-state index contributed by atoms with van der Waals surface area (Å²) in [6, 6.07) is 11.7. The van der Waals surface area contributed by atoms with E-state index in [1.807, 2.05) is 0 Å². The Balaban J connectivity index is 1.86. The molecule has 1 amide bonds. The summed E-state index contributed by atoms with van der Waals surface area (Å²) in [7, 11) is 1.47. The number of carbonyl (C=O) groups excluding carboxylic acids is 2. The number of rotatable bonds is 6. The predicted molar refractivity (Wildman–Crippen MR) is 98.1 cm³/mol. The van der Waals surface area contributed by atoms with Gasteiger partial charge in [-0.05, 0) is 42.0 Å². The molecule has 5 nitrogen and oxygen atoms in total. The third-order valence-corrected chi connectivity index (χ3v) is 3.55. The lowest BCUT2D eigenvalue weighted by Crippen LogP contribution is -2.20. The van der Waals surface area contributed by atoms with Crippen molar-refractivity contribution in [3.63, 3.8) is 0 Å². The van der Waals surface area contributed by atoms with E-state index in [0.29, 0.717) is 21.5 Å². The van der Waals surface area contributed by atoms with E-state index in [-0.39, 0.29) is 0 Å². The standard InChI is InChI=1S/C18H15Cl2NO4/c1-24-16-8-7-14(20)10-15(16)21-17(22)11-25-18(23)9-4-12-2-5-13(19)6-3-12/h2-10H,11H2,1H3,(H,21,22). The SMILES string of the molecule is COc1ccc(Cl)cc1NC(=O)COC(=O)C=Cc1ccc(Cl)cc1. The maximum atomic E-state index is 11.9. The first-order chi connectivity index (χ1) is 12.0. The van der Waals surface area contributed by atoms with Gasteiger partial charge in [-0.15, -0.1) is 0 Å². The molecule has 0 bridgehead atoms. The molecule has 2 aromatic rings. The Morgan fingerprint density at radius 1 is 1.08 bits per heavy atom. The quantitative estimate of drug-likeness (QED) is 0.603. The molecule has 25 heavy (non-hydrogen) atoms. The van der Waals surface area contributed by atoms with Gasteiger partial charge >= 0.3 is 5.97 Å². The summed E-state index contributed by atoms with van der Waals surface area (Å²) in [4.78, 5) is 23.5. The van der Waals surface area contributed by atoms with E-state index in [1.165, 1.54) is 13.2 Å². The minimum Gasteiger partial charge on any atom is -0.495 e. The Labute approximate surface area is 155 Å². The fraction of sp³-hybridized carbons (Fsp3) is 0.111. The summed E-state index contributed by atoms with van der Waals surface area (Å²) >= 11 is 11.7. The Kier molecular flexibility index (Phi) is 6.86. The Morgan fingerprint density at radius 3 is 2.44 bits per heavy atom. The smallest absolute Gasteiger partial charge is 0.331 e. The monoisotopic (exact) mass is 379 g/mol. The molecular weight excluding hydrogens is 365 g/mol. The average molecular weight is 380 g/mol. The van der Waals surface area contributed by atoms with Crippen molar-refractivity contribution in [1.29, 1.82) is 0 Å². The minimum absolute atomic E-state index is 0.396. The highest BCUT2D eigenvalue weighted by Crippen LogP contribution is 2.27. The van der Waals surface area contributed by atoms with Crippen molar-refractivity contribution >= 4 is 46.8 Å². The van der Waals surface area contributed by atoms with Crippen LogP contribution in [0.15, 0.2) is 48.5 Å². The van der Waals surface area contributed by atoms with Crippen molar-refractivity contribution in [2.45, 2.75) is 0 Å². The first-order valence-electron chi connectivity index (χ1n) is 7.22. The Bertz CT molecular complexity index is 788. The molecule has 2 aromatic carbocycles. The summed E-state index contributed by atoms with van der Waals surface area (Å²) in [6.07, 6.45) is 2.80. The number of benzene rings is 2. The normalized spacial score (nSPS) is 10.5. The van der Waals surface area contributed by atoms with Gasteiger partial charge in [0.05, 0.1) is 12.8 Å². The van der Waals surface area contributed by atoms with Gasteiger partial charge in [-0.3, -0.25) is 4.79 Å². The summed E-state index contributed by atoms with van der Waals surface area (Å²) < 4.78 is 10.0. The molecule has 130 valence electrons. The molecule has 0 heterocycles. The van der Waals surface area contributed by atoms with Gasteiger partial charge in [-0.25, -0.2) is 4.79 Å². The van der Waals surface area contributed by atoms with Crippen LogP contribution in [0.25, 0.3) is 6.08 Å². The molecule has 0 fully saturated rings. The number of nitrogens with one attached hydrogen (secondary N) is 1. The van der Waals surface area contributed by atoms with E-state index in [9.17, 15) is 9.59 Å². The highest BCUT2D eigenvalue weighted by atomic mass is 35.5. The van der Waals surface area contributed by atoms with Crippen molar-refractivity contribution in [1.82, 2.24) is 0 Å². The maximum Gasteiger partial charge on any atom is 0.331 e. The number of anilines is 1. The Morgan fingerprint density at radius 2 is 1.76 bits per heavy atom. The molecule has 0 aliphatic heterocycles. The molecule has 0 unspecified atom stereocenters. The van der Waals surface area contributed by atoms with Gasteiger partial charge in [-0.2, -0.15) is 0 Å². The van der Waals surface area contributed by atoms with E-state index in [4.69, 9.17) is 32.7 Å². The summed E-state index contributed by atoms with van der Waals surface area (Å²) in [6.45, 7) is -0.431. The second kappa shape index (κ2) is 9.11. The van der Waals surface area contributed by atoms with Crippen LogP contribution in [0, 0.1) is 0 Å². The molecule has 0 radical (unpaired) electrons. The van der Waals surface area contributed by atoms with Gasteiger partial charge < -0.3 is 14.8 Å². The van der Waals surface area contributed by atoms with E-state index in [1.54, 1.807) is 48.5 Å². The summed E-state index contributed by atoms with van der Waals surface area (Å²) in [5.74, 6) is -0.691. The van der Waals surface area contributed by atoms with Crippen LogP contribution in [-0.2, 0) is 14.3 Å². The van der Waals surface area contributed by atoms with Gasteiger partial charge in [0.15, 0.2) is 6.61 Å². The number of hydrogen-bond acceptors (Lipinski definition) is 4. The molecule has 0 saturated heterocycles. The molecule has 0 aliphatic rings. The number of esters is 1. The van der Waals surface area contributed by atoms with Crippen LogP contribution >= 0.6 is 23.2 Å². The van der Waals surface area contributed by atoms with Gasteiger partial charge in [0.1, 0.15) is 5.75 Å². The second-order valence-corrected chi connectivity index (χ2v) is 5.76. The maximum absolute atomic E-state index is 11.9. The van der Waals surface area contributed by atoms with Crippen molar-refractivity contribution in [2.24, 2.45) is 0 Å². The van der Waals surface area contributed by atoms with Crippen LogP contribution in [-0.4, -0.2) is 25.6 Å². The highest BCUT2D eigenvalue weighted by molar-refractivity contribution is 6.31. The molecule has 2 rings (SSSR count). The lowest BCUT2D eigenvalue weighted by atomic mass is 10.2. The van der Waals surface area contributed by atoms with Crippen LogP contribution in [0.4, 0.5) is 5.69 Å². The van der Waals surface area contributed by atoms with E-state index >= 15 is 0 Å². The van der Waals surface area contributed by atoms with Crippen LogP contribution in [0.2, 0.25) is 10.0 Å². The van der Waals surface area contributed by atoms with Gasteiger partial charge in [0.2, 0.25) is 0 Å². The molecular formula is C18H15Cl2NO4. The third kappa shape index (κ3) is 6.14. The minimum atomic E-state index is -0.636. The number of halogens is 2. The number of hydrogen-bond donors (Lipinski definition) is 1. The summed E-state index contributed by atoms with van der Waals surface area (Å²) in [5, 5.41) is 3.62. The van der Waals surface area contributed by atoms with E-state index in [2.05, 4.69) is 5.32 Å². The lowest BCUT2D eigenvalue weighted by Gasteiger charge is -2.10. The lowest BCUT2D eigenvalue weighted by molar-refractivity contribution is -0.142. The van der Waals surface area contributed by atoms with Crippen LogP contribution in [0.1, 0.15) is 5.56 Å². The van der Waals surface area contributed by atoms with Crippen LogP contribution < -0.4 is 10.1 Å². The van der Waals surface area contributed by atoms with Crippen LogP contribution in [0.3, 0.4) is 0 Å². The molecule has 0 aliphatic carbocycles. The fourth-order valence-electron chi connectivity index (χ4n) is 1.89. The molecule has 0 saturated carbocycles. The van der Waals surface area contributed by atoms with Crippen molar-refractivity contribution < 1.29 is 19.1 Å². The van der Waals surface area contributed by atoms with Gasteiger partial charge in [0.25, 0.3) is 5.91 Å². The van der Waals surface area contributed by atoms with Gasteiger partial charge in [-0.1, -0.05) is 35.3 Å². The summed E-state index contributed by atoms with van der Waals surface area (Å²) in [5.41, 5.74) is 1.18. The molecule has 0 aromatic heterocycles. The largest absolute Gasteiger partial charge is 0.495 e. The topological polar surface area (TPSA) is 64.6 Å². The molecule has 0 spiro atoms. The predicted octanol–water partition coefficient (Wildman–Crippen LogP) is 4.20.